The number of benzene rings is 2. The van der Waals surface area contributed by atoms with Gasteiger partial charge < -0.3 is 4.98 Å². The zero-order valence-electron chi connectivity index (χ0n) is 11.0. The molecule has 2 N–H and O–H groups in total. The lowest BCUT2D eigenvalue weighted by Crippen LogP contribution is -2.17. The Labute approximate surface area is 120 Å². The van der Waals surface area contributed by atoms with Crippen molar-refractivity contribution in [2.24, 2.45) is 5.10 Å². The standard InChI is InChI=1S/C16H12FN3O/c17-13-7-3-1-6-12(13)10-18-20-16(21)15-9-11-5-2-4-8-14(11)19-15/h1-10,19H,(H,20,21). The average molecular weight is 281 g/mol. The zero-order chi connectivity index (χ0) is 14.7. The van der Waals surface area contributed by atoms with E-state index in [-0.39, 0.29) is 11.7 Å². The van der Waals surface area contributed by atoms with Gasteiger partial charge in [-0.15, -0.1) is 0 Å². The summed E-state index contributed by atoms with van der Waals surface area (Å²) in [6.45, 7) is 0. The van der Waals surface area contributed by atoms with Crippen molar-refractivity contribution in [3.8, 4) is 0 Å². The van der Waals surface area contributed by atoms with Crippen LogP contribution in [0.4, 0.5) is 4.39 Å². The number of H-pyrrole nitrogens is 1. The number of aromatic amines is 1. The molecule has 4 nitrogen and oxygen atoms in total. The summed E-state index contributed by atoms with van der Waals surface area (Å²) in [7, 11) is 0. The monoisotopic (exact) mass is 281 g/mol. The van der Waals surface area contributed by atoms with Gasteiger partial charge in [0.2, 0.25) is 0 Å². The molecule has 104 valence electrons. The minimum atomic E-state index is -0.388. The number of fused-ring (bicyclic) bond motifs is 1. The number of amides is 1. The molecule has 1 aromatic heterocycles. The SMILES string of the molecule is O=C(NN=Cc1ccccc1F)c1cc2ccccc2[nH]1. The fraction of sp³-hybridized carbons (Fsp3) is 0. The number of carbonyl (C=O) groups is 1. The first kappa shape index (κ1) is 13.1. The van der Waals surface area contributed by atoms with E-state index in [4.69, 9.17) is 0 Å². The average Bonchev–Trinajstić information content (AvgIpc) is 2.93. The van der Waals surface area contributed by atoms with Gasteiger partial charge in [0, 0.05) is 16.5 Å². The molecule has 0 saturated carbocycles. The Hall–Kier alpha value is -2.95. The third-order valence-corrected chi connectivity index (χ3v) is 3.05. The van der Waals surface area contributed by atoms with Crippen molar-refractivity contribution in [3.05, 3.63) is 71.7 Å². The molecule has 0 bridgehead atoms. The number of nitrogens with one attached hydrogen (secondary N) is 2. The van der Waals surface area contributed by atoms with Gasteiger partial charge >= 0.3 is 0 Å². The first-order valence-corrected chi connectivity index (χ1v) is 6.40. The Kier molecular flexibility index (Phi) is 3.47. The molecule has 0 atom stereocenters. The number of halogens is 1. The molecule has 0 spiro atoms. The number of aromatic nitrogens is 1. The second-order valence-electron chi connectivity index (χ2n) is 4.49. The third kappa shape index (κ3) is 2.81. The second-order valence-corrected chi connectivity index (χ2v) is 4.49. The molecule has 0 saturated heterocycles. The molecular weight excluding hydrogens is 269 g/mol. The van der Waals surface area contributed by atoms with Crippen LogP contribution in [0.25, 0.3) is 10.9 Å². The maximum Gasteiger partial charge on any atom is 0.287 e. The summed E-state index contributed by atoms with van der Waals surface area (Å²) >= 11 is 0. The Balaban J connectivity index is 1.73. The van der Waals surface area contributed by atoms with Gasteiger partial charge in [-0.2, -0.15) is 5.10 Å². The third-order valence-electron chi connectivity index (χ3n) is 3.05. The number of hydrazone groups is 1. The van der Waals surface area contributed by atoms with Crippen LogP contribution in [0.1, 0.15) is 16.1 Å². The lowest BCUT2D eigenvalue weighted by Gasteiger charge is -1.97. The van der Waals surface area contributed by atoms with Crippen LogP contribution in [0, 0.1) is 5.82 Å². The van der Waals surface area contributed by atoms with Crippen molar-refractivity contribution < 1.29 is 9.18 Å². The summed E-state index contributed by atoms with van der Waals surface area (Å²) < 4.78 is 13.4. The van der Waals surface area contributed by atoms with Gasteiger partial charge in [0.25, 0.3) is 5.91 Å². The Morgan fingerprint density at radius 1 is 1.14 bits per heavy atom. The molecule has 1 amide bonds. The molecule has 2 aromatic carbocycles. The van der Waals surface area contributed by atoms with Crippen LogP contribution in [-0.2, 0) is 0 Å². The van der Waals surface area contributed by atoms with E-state index < -0.39 is 0 Å². The lowest BCUT2D eigenvalue weighted by atomic mass is 10.2. The minimum absolute atomic E-state index is 0.314. The highest BCUT2D eigenvalue weighted by molar-refractivity contribution is 5.98. The largest absolute Gasteiger partial charge is 0.350 e. The van der Waals surface area contributed by atoms with Crippen molar-refractivity contribution >= 4 is 23.0 Å². The summed E-state index contributed by atoms with van der Waals surface area (Å²) in [6, 6.07) is 15.5. The fourth-order valence-electron chi connectivity index (χ4n) is 2.00. The molecule has 0 aliphatic heterocycles. The Morgan fingerprint density at radius 3 is 2.71 bits per heavy atom. The summed E-state index contributed by atoms with van der Waals surface area (Å²) in [5, 5.41) is 4.71. The van der Waals surface area contributed by atoms with Crippen molar-refractivity contribution in [2.45, 2.75) is 0 Å². The molecular formula is C16H12FN3O. The van der Waals surface area contributed by atoms with Crippen molar-refractivity contribution in [1.29, 1.82) is 0 Å². The first-order chi connectivity index (χ1) is 10.2. The van der Waals surface area contributed by atoms with Crippen LogP contribution < -0.4 is 5.43 Å². The topological polar surface area (TPSA) is 57.2 Å². The van der Waals surface area contributed by atoms with Crippen LogP contribution in [0.5, 0.6) is 0 Å². The molecule has 0 unspecified atom stereocenters. The molecule has 1 heterocycles. The van der Waals surface area contributed by atoms with Crippen molar-refractivity contribution in [2.75, 3.05) is 0 Å². The smallest absolute Gasteiger partial charge is 0.287 e. The van der Waals surface area contributed by atoms with E-state index in [2.05, 4.69) is 15.5 Å². The quantitative estimate of drug-likeness (QED) is 0.562. The highest BCUT2D eigenvalue weighted by Gasteiger charge is 2.07. The van der Waals surface area contributed by atoms with Gasteiger partial charge in [0.05, 0.1) is 6.21 Å². The van der Waals surface area contributed by atoms with Gasteiger partial charge in [0.1, 0.15) is 11.5 Å². The minimum Gasteiger partial charge on any atom is -0.350 e. The lowest BCUT2D eigenvalue weighted by molar-refractivity contribution is 0.0951. The molecule has 0 aliphatic rings. The number of rotatable bonds is 3. The van der Waals surface area contributed by atoms with Crippen LogP contribution >= 0.6 is 0 Å². The second kappa shape index (κ2) is 5.58. The maximum absolute atomic E-state index is 13.4. The number of hydrogen-bond donors (Lipinski definition) is 2. The van der Waals surface area contributed by atoms with Gasteiger partial charge in [-0.25, -0.2) is 9.82 Å². The number of hydrogen-bond acceptors (Lipinski definition) is 2. The van der Waals surface area contributed by atoms with Gasteiger partial charge in [-0.1, -0.05) is 36.4 Å². The van der Waals surface area contributed by atoms with E-state index in [1.54, 1.807) is 24.3 Å². The molecule has 0 aliphatic carbocycles. The molecule has 0 fully saturated rings. The predicted molar refractivity (Wildman–Crippen MR) is 79.8 cm³/mol. The normalized spacial score (nSPS) is 11.1. The van der Waals surface area contributed by atoms with Crippen molar-refractivity contribution in [3.63, 3.8) is 0 Å². The first-order valence-electron chi connectivity index (χ1n) is 6.40. The number of nitrogens with zero attached hydrogens (tertiary/aromatic N) is 1. The van der Waals surface area contributed by atoms with Crippen LogP contribution in [0.2, 0.25) is 0 Å². The molecule has 3 rings (SSSR count). The summed E-state index contributed by atoms with van der Waals surface area (Å²) in [5.74, 6) is -0.764. The summed E-state index contributed by atoms with van der Waals surface area (Å²) in [5.41, 5.74) is 3.96. The number of carbonyl (C=O) groups excluding carboxylic acids is 1. The number of para-hydroxylation sites is 1. The molecule has 5 heteroatoms. The van der Waals surface area contributed by atoms with E-state index in [1.807, 2.05) is 24.3 Å². The highest BCUT2D eigenvalue weighted by atomic mass is 19.1. The van der Waals surface area contributed by atoms with E-state index >= 15 is 0 Å². The molecule has 0 radical (unpaired) electrons. The molecule has 21 heavy (non-hydrogen) atoms. The zero-order valence-corrected chi connectivity index (χ0v) is 11.0. The van der Waals surface area contributed by atoms with Crippen LogP contribution in [0.15, 0.2) is 59.7 Å². The summed E-state index contributed by atoms with van der Waals surface area (Å²) in [6.07, 6.45) is 1.27. The van der Waals surface area contributed by atoms with E-state index in [9.17, 15) is 9.18 Å². The van der Waals surface area contributed by atoms with Crippen LogP contribution in [-0.4, -0.2) is 17.1 Å². The van der Waals surface area contributed by atoms with Gasteiger partial charge in [-0.3, -0.25) is 4.79 Å². The highest BCUT2D eigenvalue weighted by Crippen LogP contribution is 2.14. The Morgan fingerprint density at radius 2 is 1.90 bits per heavy atom. The van der Waals surface area contributed by atoms with E-state index in [1.165, 1.54) is 12.3 Å². The Bertz CT molecular complexity index is 790. The van der Waals surface area contributed by atoms with E-state index in [0.29, 0.717) is 11.3 Å². The molecule has 3 aromatic rings. The van der Waals surface area contributed by atoms with Crippen LogP contribution in [0.3, 0.4) is 0 Å². The maximum atomic E-state index is 13.4. The predicted octanol–water partition coefficient (Wildman–Crippen LogP) is 3.07. The summed E-state index contributed by atoms with van der Waals surface area (Å²) in [4.78, 5) is 14.9. The fourth-order valence-corrected chi connectivity index (χ4v) is 2.00. The van der Waals surface area contributed by atoms with Crippen molar-refractivity contribution in [1.82, 2.24) is 10.4 Å². The van der Waals surface area contributed by atoms with Gasteiger partial charge in [0.15, 0.2) is 0 Å². The van der Waals surface area contributed by atoms with E-state index in [0.717, 1.165) is 10.9 Å². The van der Waals surface area contributed by atoms with Gasteiger partial charge in [-0.05, 0) is 18.2 Å².